The summed E-state index contributed by atoms with van der Waals surface area (Å²) in [7, 11) is 1.36. The maximum atomic E-state index is 10.9. The van der Waals surface area contributed by atoms with Gasteiger partial charge in [0.05, 0.1) is 12.7 Å². The highest BCUT2D eigenvalue weighted by atomic mass is 16.5. The van der Waals surface area contributed by atoms with Crippen LogP contribution in [0.4, 0.5) is 0 Å². The molecule has 1 aromatic rings. The Balaban J connectivity index is 2.46. The molecule has 1 rings (SSSR count). The third-order valence-corrected chi connectivity index (χ3v) is 2.73. The van der Waals surface area contributed by atoms with Gasteiger partial charge in [-0.2, -0.15) is 0 Å². The van der Waals surface area contributed by atoms with Crippen molar-refractivity contribution >= 4 is 5.97 Å². The molecule has 1 aromatic carbocycles. The quantitative estimate of drug-likeness (QED) is 0.531. The molecule has 0 saturated heterocycles. The summed E-state index contributed by atoms with van der Waals surface area (Å²) in [5.41, 5.74) is 0.468. The topological polar surface area (TPSA) is 78.8 Å². The lowest BCUT2D eigenvalue weighted by molar-refractivity contribution is -0.140. The van der Waals surface area contributed by atoms with Gasteiger partial charge in [0, 0.05) is 12.5 Å². The normalized spacial score (nSPS) is 12.1. The van der Waals surface area contributed by atoms with Crippen LogP contribution in [0.3, 0.4) is 0 Å². The van der Waals surface area contributed by atoms with Crippen molar-refractivity contribution in [1.82, 2.24) is 5.32 Å². The molecule has 1 unspecified atom stereocenters. The van der Waals surface area contributed by atoms with E-state index < -0.39 is 0 Å². The first-order valence-electron chi connectivity index (χ1n) is 5.87. The number of esters is 1. The van der Waals surface area contributed by atoms with Crippen molar-refractivity contribution in [2.45, 2.75) is 25.8 Å². The average molecular weight is 253 g/mol. The fourth-order valence-corrected chi connectivity index (χ4v) is 1.74. The lowest BCUT2D eigenvalue weighted by Gasteiger charge is -2.16. The van der Waals surface area contributed by atoms with Crippen molar-refractivity contribution in [2.75, 3.05) is 13.7 Å². The van der Waals surface area contributed by atoms with Crippen molar-refractivity contribution in [2.24, 2.45) is 0 Å². The number of carbonyl (C=O) groups is 1. The highest BCUT2D eigenvalue weighted by Gasteiger charge is 2.14. The number of nitrogens with one attached hydrogen (secondary N) is 1. The van der Waals surface area contributed by atoms with Gasteiger partial charge in [0.15, 0.2) is 0 Å². The predicted octanol–water partition coefficient (Wildman–Crippen LogP) is 1.70. The van der Waals surface area contributed by atoms with Crippen LogP contribution >= 0.6 is 0 Å². The average Bonchev–Trinajstić information content (AvgIpc) is 2.34. The molecule has 1 atom stereocenters. The van der Waals surface area contributed by atoms with Crippen LogP contribution in [0.1, 0.15) is 31.4 Å². The maximum absolute atomic E-state index is 10.9. The molecule has 3 N–H and O–H groups in total. The van der Waals surface area contributed by atoms with Crippen molar-refractivity contribution in [3.05, 3.63) is 23.8 Å². The second-order valence-corrected chi connectivity index (χ2v) is 4.07. The summed E-state index contributed by atoms with van der Waals surface area (Å²) in [6.07, 6.45) is 0.994. The Morgan fingerprint density at radius 1 is 1.39 bits per heavy atom. The minimum Gasteiger partial charge on any atom is -0.507 e. The molecular formula is C13H19NO4. The molecular weight excluding hydrogens is 234 g/mol. The standard InChI is InChI=1S/C13H19NO4/c1-9(14-8-4-7-12(17)18-2)13-10(15)5-3-6-11(13)16/h3,5-6,9,14-16H,4,7-8H2,1-2H3. The van der Waals surface area contributed by atoms with Crippen molar-refractivity contribution < 1.29 is 19.7 Å². The monoisotopic (exact) mass is 253 g/mol. The van der Waals surface area contributed by atoms with E-state index in [1.807, 2.05) is 6.92 Å². The van der Waals surface area contributed by atoms with Crippen LogP contribution in [0.5, 0.6) is 11.5 Å². The molecule has 0 saturated carbocycles. The van der Waals surface area contributed by atoms with E-state index in [9.17, 15) is 15.0 Å². The number of aromatic hydroxyl groups is 2. The van der Waals surface area contributed by atoms with E-state index in [1.54, 1.807) is 6.07 Å². The minimum absolute atomic E-state index is 0.0583. The van der Waals surface area contributed by atoms with E-state index in [0.29, 0.717) is 24.9 Å². The van der Waals surface area contributed by atoms with E-state index >= 15 is 0 Å². The third-order valence-electron chi connectivity index (χ3n) is 2.73. The summed E-state index contributed by atoms with van der Waals surface area (Å²) in [6.45, 7) is 2.44. The van der Waals surface area contributed by atoms with Gasteiger partial charge in [0.2, 0.25) is 0 Å². The number of methoxy groups -OCH3 is 1. The molecule has 18 heavy (non-hydrogen) atoms. The van der Waals surface area contributed by atoms with Gasteiger partial charge < -0.3 is 20.3 Å². The molecule has 0 heterocycles. The molecule has 0 radical (unpaired) electrons. The second kappa shape index (κ2) is 6.86. The van der Waals surface area contributed by atoms with Gasteiger partial charge in [0.1, 0.15) is 11.5 Å². The van der Waals surface area contributed by atoms with Crippen molar-refractivity contribution in [3.63, 3.8) is 0 Å². The summed E-state index contributed by atoms with van der Waals surface area (Å²) >= 11 is 0. The molecule has 0 spiro atoms. The predicted molar refractivity (Wildman–Crippen MR) is 67.4 cm³/mol. The largest absolute Gasteiger partial charge is 0.507 e. The number of phenols is 2. The first kappa shape index (κ1) is 14.3. The van der Waals surface area contributed by atoms with Crippen LogP contribution in [-0.2, 0) is 9.53 Å². The zero-order valence-electron chi connectivity index (χ0n) is 10.6. The number of ether oxygens (including phenoxy) is 1. The second-order valence-electron chi connectivity index (χ2n) is 4.07. The molecule has 0 fully saturated rings. The Hall–Kier alpha value is -1.75. The van der Waals surface area contributed by atoms with Crippen LogP contribution in [-0.4, -0.2) is 29.8 Å². The number of hydrogen-bond acceptors (Lipinski definition) is 5. The number of rotatable bonds is 6. The van der Waals surface area contributed by atoms with E-state index in [-0.39, 0.29) is 23.5 Å². The minimum atomic E-state index is -0.241. The third kappa shape index (κ3) is 3.92. The molecule has 5 nitrogen and oxygen atoms in total. The zero-order valence-corrected chi connectivity index (χ0v) is 10.6. The Bertz CT molecular complexity index is 386. The van der Waals surface area contributed by atoms with E-state index in [2.05, 4.69) is 10.1 Å². The summed E-state index contributed by atoms with van der Waals surface area (Å²) < 4.78 is 4.53. The van der Waals surface area contributed by atoms with Gasteiger partial charge in [-0.3, -0.25) is 4.79 Å². The summed E-state index contributed by atoms with van der Waals surface area (Å²) in [5, 5.41) is 22.5. The number of phenolic OH excluding ortho intramolecular Hbond substituents is 2. The van der Waals surface area contributed by atoms with Gasteiger partial charge in [-0.05, 0) is 32.0 Å². The lowest BCUT2D eigenvalue weighted by Crippen LogP contribution is -2.20. The van der Waals surface area contributed by atoms with Crippen molar-refractivity contribution in [1.29, 1.82) is 0 Å². The van der Waals surface area contributed by atoms with Crippen LogP contribution in [0.15, 0.2) is 18.2 Å². The molecule has 100 valence electrons. The molecule has 0 aliphatic heterocycles. The molecule has 0 amide bonds. The summed E-state index contributed by atoms with van der Waals surface area (Å²) in [4.78, 5) is 10.9. The van der Waals surface area contributed by atoms with Crippen molar-refractivity contribution in [3.8, 4) is 11.5 Å². The number of hydrogen-bond donors (Lipinski definition) is 3. The van der Waals surface area contributed by atoms with Gasteiger partial charge in [0.25, 0.3) is 0 Å². The van der Waals surface area contributed by atoms with Gasteiger partial charge in [-0.25, -0.2) is 0 Å². The Kier molecular flexibility index (Phi) is 5.45. The fourth-order valence-electron chi connectivity index (χ4n) is 1.74. The smallest absolute Gasteiger partial charge is 0.305 e. The van der Waals surface area contributed by atoms with Crippen LogP contribution in [0.2, 0.25) is 0 Å². The van der Waals surface area contributed by atoms with E-state index in [0.717, 1.165) is 0 Å². The summed E-state index contributed by atoms with van der Waals surface area (Å²) in [6, 6.07) is 4.45. The van der Waals surface area contributed by atoms with Crippen LogP contribution in [0.25, 0.3) is 0 Å². The SMILES string of the molecule is COC(=O)CCCNC(C)c1c(O)cccc1O. The Morgan fingerprint density at radius 3 is 2.56 bits per heavy atom. The number of benzene rings is 1. The maximum Gasteiger partial charge on any atom is 0.305 e. The van der Waals surface area contributed by atoms with Crippen LogP contribution < -0.4 is 5.32 Å². The first-order chi connectivity index (χ1) is 8.56. The summed E-state index contributed by atoms with van der Waals surface area (Å²) in [5.74, 6) is -0.124. The molecule has 0 aromatic heterocycles. The van der Waals surface area contributed by atoms with Gasteiger partial charge >= 0.3 is 5.97 Å². The fraction of sp³-hybridized carbons (Fsp3) is 0.462. The molecule has 5 heteroatoms. The van der Waals surface area contributed by atoms with Gasteiger partial charge in [-0.15, -0.1) is 0 Å². The molecule has 0 bridgehead atoms. The Labute approximate surface area is 106 Å². The van der Waals surface area contributed by atoms with Gasteiger partial charge in [-0.1, -0.05) is 6.07 Å². The molecule has 0 aliphatic rings. The highest BCUT2D eigenvalue weighted by Crippen LogP contribution is 2.31. The highest BCUT2D eigenvalue weighted by molar-refractivity contribution is 5.69. The van der Waals surface area contributed by atoms with E-state index in [4.69, 9.17) is 0 Å². The molecule has 0 aliphatic carbocycles. The Morgan fingerprint density at radius 2 is 2.00 bits per heavy atom. The first-order valence-corrected chi connectivity index (χ1v) is 5.87. The zero-order chi connectivity index (χ0) is 13.5. The van der Waals surface area contributed by atoms with E-state index in [1.165, 1.54) is 19.2 Å². The number of carbonyl (C=O) groups excluding carboxylic acids is 1. The lowest BCUT2D eigenvalue weighted by atomic mass is 10.1. The van der Waals surface area contributed by atoms with Crippen LogP contribution in [0, 0.1) is 0 Å².